The van der Waals surface area contributed by atoms with Crippen LogP contribution in [-0.4, -0.2) is 54.5 Å². The lowest BCUT2D eigenvalue weighted by Gasteiger charge is -2.25. The number of hydrogen-bond acceptors (Lipinski definition) is 4. The Bertz CT molecular complexity index is 685. The minimum atomic E-state index is 0.0599. The third kappa shape index (κ3) is 2.57. The second-order valence-corrected chi connectivity index (χ2v) is 7.19. The molecule has 0 aromatic rings. The van der Waals surface area contributed by atoms with Crippen LogP contribution < -0.4 is 5.32 Å². The van der Waals surface area contributed by atoms with Crippen molar-refractivity contribution in [2.45, 2.75) is 6.04 Å². The van der Waals surface area contributed by atoms with Crippen LogP contribution in [-0.2, 0) is 4.79 Å². The fraction of sp³-hybridized carbons (Fsp3) is 0.474. The van der Waals surface area contributed by atoms with E-state index in [9.17, 15) is 4.79 Å². The molecule has 2 saturated heterocycles. The van der Waals surface area contributed by atoms with Gasteiger partial charge in [0.15, 0.2) is 0 Å². The molecule has 1 N–H and O–H groups in total. The van der Waals surface area contributed by atoms with E-state index in [0.717, 1.165) is 38.3 Å². The van der Waals surface area contributed by atoms with E-state index >= 15 is 0 Å². The molecular weight excluding hydrogens is 300 g/mol. The molecule has 4 atom stereocenters. The molecule has 1 amide bonds. The number of hydrogen-bond donors (Lipinski definition) is 1. The summed E-state index contributed by atoms with van der Waals surface area (Å²) < 4.78 is 0. The molecule has 3 aliphatic heterocycles. The Hall–Kier alpha value is -2.32. The Morgan fingerprint density at radius 3 is 2.79 bits per heavy atom. The average Bonchev–Trinajstić information content (AvgIpc) is 3.27. The number of nitriles is 1. The molecule has 5 heteroatoms. The molecule has 4 rings (SSSR count). The molecule has 0 radical (unpaired) electrons. The van der Waals surface area contributed by atoms with E-state index in [1.54, 1.807) is 0 Å². The first-order valence-corrected chi connectivity index (χ1v) is 8.56. The van der Waals surface area contributed by atoms with Crippen molar-refractivity contribution >= 4 is 5.91 Å². The summed E-state index contributed by atoms with van der Waals surface area (Å²) in [5.41, 5.74) is 2.11. The first-order valence-electron chi connectivity index (χ1n) is 8.56. The Labute approximate surface area is 142 Å². The molecule has 3 heterocycles. The van der Waals surface area contributed by atoms with E-state index in [1.165, 1.54) is 11.6 Å². The van der Waals surface area contributed by atoms with Gasteiger partial charge < -0.3 is 10.2 Å². The molecule has 2 unspecified atom stereocenters. The number of likely N-dealkylation sites (tertiary alicyclic amines) is 2. The van der Waals surface area contributed by atoms with Crippen molar-refractivity contribution in [1.82, 2.24) is 15.1 Å². The number of allylic oxidation sites excluding steroid dienone is 2. The summed E-state index contributed by atoms with van der Waals surface area (Å²) in [6.07, 6.45) is 9.61. The Balaban J connectivity index is 1.37. The topological polar surface area (TPSA) is 59.4 Å². The number of nitrogens with one attached hydrogen (secondary N) is 1. The molecule has 0 aromatic carbocycles. The maximum atomic E-state index is 11.8. The van der Waals surface area contributed by atoms with Crippen LogP contribution in [0.25, 0.3) is 0 Å². The molecule has 1 aliphatic carbocycles. The average molecular weight is 322 g/mol. The van der Waals surface area contributed by atoms with Gasteiger partial charge in [0, 0.05) is 44.2 Å². The van der Waals surface area contributed by atoms with E-state index in [-0.39, 0.29) is 5.91 Å². The van der Waals surface area contributed by atoms with Crippen molar-refractivity contribution in [1.29, 1.82) is 5.26 Å². The summed E-state index contributed by atoms with van der Waals surface area (Å²) in [5.74, 6) is 1.51. The lowest BCUT2D eigenvalue weighted by atomic mass is 9.88. The summed E-state index contributed by atoms with van der Waals surface area (Å²) in [6.45, 7) is 8.34. The highest BCUT2D eigenvalue weighted by Crippen LogP contribution is 2.34. The highest BCUT2D eigenvalue weighted by atomic mass is 16.2. The normalized spacial score (nSPS) is 34.0. The lowest BCUT2D eigenvalue weighted by Crippen LogP contribution is -2.34. The van der Waals surface area contributed by atoms with E-state index in [1.807, 2.05) is 11.0 Å². The van der Waals surface area contributed by atoms with Gasteiger partial charge in [0.05, 0.1) is 12.1 Å². The first kappa shape index (κ1) is 15.2. The fourth-order valence-electron chi connectivity index (χ4n) is 4.49. The predicted octanol–water partition coefficient (Wildman–Crippen LogP) is 1.05. The molecule has 2 fully saturated rings. The lowest BCUT2D eigenvalue weighted by molar-refractivity contribution is -0.125. The van der Waals surface area contributed by atoms with Crippen molar-refractivity contribution in [2.24, 2.45) is 17.8 Å². The second-order valence-electron chi connectivity index (χ2n) is 7.19. The smallest absolute Gasteiger partial charge is 0.245 e. The maximum absolute atomic E-state index is 11.8. The number of carbonyl (C=O) groups is 1. The largest absolute Gasteiger partial charge is 0.384 e. The standard InChI is InChI=1S/C19H22N4O/c1-2-19(24)23-11-15-9-22(10-16(15)12-23)8-14-7-21-18-4-3-13(6-20)5-17(14)18/h2-5,7,15-18,21H,1,8-12H2/t15-,16+,17?,18?. The van der Waals surface area contributed by atoms with Gasteiger partial charge in [-0.2, -0.15) is 5.26 Å². The minimum absolute atomic E-state index is 0.0599. The monoisotopic (exact) mass is 322 g/mol. The van der Waals surface area contributed by atoms with E-state index in [0.29, 0.717) is 23.8 Å². The van der Waals surface area contributed by atoms with Gasteiger partial charge in [-0.3, -0.25) is 9.69 Å². The third-order valence-electron chi connectivity index (χ3n) is 5.70. The van der Waals surface area contributed by atoms with Gasteiger partial charge in [-0.05, 0) is 35.8 Å². The molecule has 0 spiro atoms. The predicted molar refractivity (Wildman–Crippen MR) is 91.5 cm³/mol. The van der Waals surface area contributed by atoms with Gasteiger partial charge in [0.25, 0.3) is 0 Å². The zero-order valence-corrected chi connectivity index (χ0v) is 13.7. The number of fused-ring (bicyclic) bond motifs is 2. The van der Waals surface area contributed by atoms with Crippen LogP contribution in [0.3, 0.4) is 0 Å². The van der Waals surface area contributed by atoms with Crippen molar-refractivity contribution in [3.8, 4) is 6.07 Å². The van der Waals surface area contributed by atoms with Crippen LogP contribution in [0.2, 0.25) is 0 Å². The fourth-order valence-corrected chi connectivity index (χ4v) is 4.49. The van der Waals surface area contributed by atoms with Gasteiger partial charge >= 0.3 is 0 Å². The van der Waals surface area contributed by atoms with Crippen LogP contribution in [0.15, 0.2) is 48.2 Å². The molecule has 24 heavy (non-hydrogen) atoms. The first-order chi connectivity index (χ1) is 11.7. The summed E-state index contributed by atoms with van der Waals surface area (Å²) in [7, 11) is 0. The van der Waals surface area contributed by atoms with Gasteiger partial charge in [0.1, 0.15) is 0 Å². The van der Waals surface area contributed by atoms with E-state index in [2.05, 4.69) is 41.2 Å². The van der Waals surface area contributed by atoms with Crippen molar-refractivity contribution in [2.75, 3.05) is 32.7 Å². The summed E-state index contributed by atoms with van der Waals surface area (Å²) in [4.78, 5) is 16.2. The maximum Gasteiger partial charge on any atom is 0.245 e. The molecule has 0 saturated carbocycles. The minimum Gasteiger partial charge on any atom is -0.384 e. The van der Waals surface area contributed by atoms with E-state index < -0.39 is 0 Å². The zero-order chi connectivity index (χ0) is 16.7. The van der Waals surface area contributed by atoms with E-state index in [4.69, 9.17) is 5.26 Å². The SMILES string of the molecule is C=CC(=O)N1C[C@H]2CN(CC3=CNC4C=CC(C#N)=CC34)C[C@H]2C1. The molecule has 4 aliphatic rings. The van der Waals surface area contributed by atoms with Crippen LogP contribution in [0, 0.1) is 29.1 Å². The summed E-state index contributed by atoms with van der Waals surface area (Å²) in [5, 5.41) is 12.5. The highest BCUT2D eigenvalue weighted by molar-refractivity contribution is 5.87. The summed E-state index contributed by atoms with van der Waals surface area (Å²) >= 11 is 0. The van der Waals surface area contributed by atoms with Crippen LogP contribution in [0.4, 0.5) is 0 Å². The highest BCUT2D eigenvalue weighted by Gasteiger charge is 2.41. The Kier molecular flexibility index (Phi) is 3.78. The molecule has 5 nitrogen and oxygen atoms in total. The van der Waals surface area contributed by atoms with Crippen molar-refractivity contribution in [3.05, 3.63) is 48.2 Å². The Morgan fingerprint density at radius 1 is 1.38 bits per heavy atom. The number of nitrogens with zero attached hydrogens (tertiary/aromatic N) is 3. The molecule has 0 bridgehead atoms. The molecule has 0 aromatic heterocycles. The number of amides is 1. The molecular formula is C19H22N4O. The quantitative estimate of drug-likeness (QED) is 0.789. The van der Waals surface area contributed by atoms with Gasteiger partial charge in [-0.25, -0.2) is 0 Å². The second kappa shape index (κ2) is 5.95. The number of rotatable bonds is 3. The van der Waals surface area contributed by atoms with Gasteiger partial charge in [0.2, 0.25) is 5.91 Å². The van der Waals surface area contributed by atoms with Gasteiger partial charge in [-0.15, -0.1) is 0 Å². The van der Waals surface area contributed by atoms with Crippen molar-refractivity contribution in [3.63, 3.8) is 0 Å². The summed E-state index contributed by atoms with van der Waals surface area (Å²) in [6, 6.07) is 2.54. The molecule has 124 valence electrons. The third-order valence-corrected chi connectivity index (χ3v) is 5.70. The number of carbonyl (C=O) groups excluding carboxylic acids is 1. The van der Waals surface area contributed by atoms with Crippen LogP contribution in [0.5, 0.6) is 0 Å². The van der Waals surface area contributed by atoms with Gasteiger partial charge in [-0.1, -0.05) is 18.7 Å². The zero-order valence-electron chi connectivity index (χ0n) is 13.7. The Morgan fingerprint density at radius 2 is 2.12 bits per heavy atom. The van der Waals surface area contributed by atoms with Crippen LogP contribution >= 0.6 is 0 Å². The van der Waals surface area contributed by atoms with Crippen LogP contribution in [0.1, 0.15) is 0 Å². The van der Waals surface area contributed by atoms with Crippen molar-refractivity contribution < 1.29 is 4.79 Å².